The second-order valence-corrected chi connectivity index (χ2v) is 6.29. The number of rotatable bonds is 6. The average Bonchev–Trinajstić information content (AvgIpc) is 2.41. The molecular formula is C16H22F3NO4. The summed E-state index contributed by atoms with van der Waals surface area (Å²) in [4.78, 5) is 11.6. The molecule has 0 saturated carbocycles. The van der Waals surface area contributed by atoms with Crippen molar-refractivity contribution in [2.24, 2.45) is 5.92 Å². The number of amides is 1. The Morgan fingerprint density at radius 2 is 1.88 bits per heavy atom. The molecule has 0 saturated heterocycles. The fraction of sp³-hybridized carbons (Fsp3) is 0.562. The molecule has 0 bridgehead atoms. The molecular weight excluding hydrogens is 327 g/mol. The number of aliphatic hydroxyl groups excluding tert-OH is 1. The van der Waals surface area contributed by atoms with E-state index >= 15 is 0 Å². The zero-order valence-electron chi connectivity index (χ0n) is 13.8. The minimum atomic E-state index is -4.79. The van der Waals surface area contributed by atoms with Crippen molar-refractivity contribution in [1.29, 1.82) is 0 Å². The number of alkyl halides is 3. The number of aliphatic hydroxyl groups is 1. The van der Waals surface area contributed by atoms with Crippen LogP contribution < -0.4 is 10.1 Å². The molecule has 1 aromatic rings. The number of benzene rings is 1. The van der Waals surface area contributed by atoms with Crippen LogP contribution in [-0.4, -0.2) is 36.3 Å². The monoisotopic (exact) mass is 349 g/mol. The van der Waals surface area contributed by atoms with Crippen molar-refractivity contribution in [2.45, 2.75) is 39.2 Å². The molecule has 1 rings (SSSR count). The molecule has 1 amide bonds. The number of carbonyl (C=O) groups is 1. The number of para-hydroxylation sites is 1. The highest BCUT2D eigenvalue weighted by molar-refractivity contribution is 5.67. The lowest BCUT2D eigenvalue weighted by Gasteiger charge is -2.22. The molecule has 24 heavy (non-hydrogen) atoms. The number of nitrogens with one attached hydrogen (secondary N) is 1. The Labute approximate surface area is 138 Å². The van der Waals surface area contributed by atoms with Gasteiger partial charge >= 0.3 is 12.5 Å². The van der Waals surface area contributed by atoms with E-state index in [2.05, 4.69) is 10.1 Å². The van der Waals surface area contributed by atoms with Gasteiger partial charge in [0, 0.05) is 19.1 Å². The topological polar surface area (TPSA) is 67.8 Å². The molecule has 0 spiro atoms. The summed E-state index contributed by atoms with van der Waals surface area (Å²) in [5.74, 6) is -0.795. The molecule has 1 aromatic carbocycles. The van der Waals surface area contributed by atoms with Crippen LogP contribution in [-0.2, 0) is 11.2 Å². The van der Waals surface area contributed by atoms with Crippen LogP contribution in [0.5, 0.6) is 5.75 Å². The Morgan fingerprint density at radius 3 is 2.42 bits per heavy atom. The fourth-order valence-corrected chi connectivity index (χ4v) is 1.95. The summed E-state index contributed by atoms with van der Waals surface area (Å²) in [6, 6.07) is 5.70. The van der Waals surface area contributed by atoms with Gasteiger partial charge in [0.2, 0.25) is 0 Å². The minimum absolute atomic E-state index is 0.0613. The van der Waals surface area contributed by atoms with E-state index in [0.29, 0.717) is 5.56 Å². The predicted molar refractivity (Wildman–Crippen MR) is 81.6 cm³/mol. The van der Waals surface area contributed by atoms with Gasteiger partial charge in [-0.1, -0.05) is 18.2 Å². The van der Waals surface area contributed by atoms with E-state index < -0.39 is 24.0 Å². The van der Waals surface area contributed by atoms with Crippen LogP contribution in [0.15, 0.2) is 24.3 Å². The van der Waals surface area contributed by atoms with Crippen molar-refractivity contribution in [1.82, 2.24) is 5.32 Å². The lowest BCUT2D eigenvalue weighted by molar-refractivity contribution is -0.274. The van der Waals surface area contributed by atoms with E-state index in [9.17, 15) is 23.1 Å². The van der Waals surface area contributed by atoms with Crippen LogP contribution in [0.3, 0.4) is 0 Å². The molecule has 0 radical (unpaired) electrons. The van der Waals surface area contributed by atoms with Gasteiger partial charge in [-0.2, -0.15) is 0 Å². The van der Waals surface area contributed by atoms with Gasteiger partial charge in [0.05, 0.1) is 0 Å². The molecule has 0 aliphatic rings. The van der Waals surface area contributed by atoms with Gasteiger partial charge in [0.15, 0.2) is 0 Å². The molecule has 0 aromatic heterocycles. The summed E-state index contributed by atoms with van der Waals surface area (Å²) in [5, 5.41) is 11.9. The summed E-state index contributed by atoms with van der Waals surface area (Å²) in [6.45, 7) is 4.88. The summed E-state index contributed by atoms with van der Waals surface area (Å²) in [6.07, 6.45) is -5.33. The normalized spacial score (nSPS) is 13.3. The number of carbonyl (C=O) groups excluding carboxylic acids is 1. The van der Waals surface area contributed by atoms with E-state index in [-0.39, 0.29) is 25.3 Å². The molecule has 0 aliphatic heterocycles. The Hall–Kier alpha value is -1.96. The second kappa shape index (κ2) is 8.23. The largest absolute Gasteiger partial charge is 0.573 e. The van der Waals surface area contributed by atoms with Gasteiger partial charge in [-0.25, -0.2) is 4.79 Å². The van der Waals surface area contributed by atoms with Crippen molar-refractivity contribution in [3.05, 3.63) is 29.8 Å². The molecule has 2 N–H and O–H groups in total. The van der Waals surface area contributed by atoms with E-state index in [1.54, 1.807) is 26.8 Å². The third-order valence-corrected chi connectivity index (χ3v) is 2.90. The van der Waals surface area contributed by atoms with Crippen LogP contribution in [0.1, 0.15) is 26.3 Å². The highest BCUT2D eigenvalue weighted by atomic mass is 19.4. The summed E-state index contributed by atoms with van der Waals surface area (Å²) < 4.78 is 46.3. The highest BCUT2D eigenvalue weighted by Gasteiger charge is 2.32. The maximum absolute atomic E-state index is 12.4. The van der Waals surface area contributed by atoms with Crippen LogP contribution in [0.25, 0.3) is 0 Å². The first-order valence-corrected chi connectivity index (χ1v) is 7.41. The van der Waals surface area contributed by atoms with Crippen LogP contribution in [0.2, 0.25) is 0 Å². The standard InChI is InChI=1S/C16H22F3NO4/c1-15(2,3)24-14(22)20-9-11(10-21)8-12-6-4-5-7-13(12)23-16(17,18)19/h4-7,11,21H,8-10H2,1-3H3,(H,20,22). The first-order chi connectivity index (χ1) is 11.0. The Morgan fingerprint density at radius 1 is 1.25 bits per heavy atom. The quantitative estimate of drug-likeness (QED) is 0.827. The zero-order valence-corrected chi connectivity index (χ0v) is 13.8. The zero-order chi connectivity index (χ0) is 18.4. The Bertz CT molecular complexity index is 541. The maximum atomic E-state index is 12.4. The van der Waals surface area contributed by atoms with E-state index in [1.807, 2.05) is 0 Å². The number of ether oxygens (including phenoxy) is 2. The SMILES string of the molecule is CC(C)(C)OC(=O)NCC(CO)Cc1ccccc1OC(F)(F)F. The minimum Gasteiger partial charge on any atom is -0.444 e. The van der Waals surface area contributed by atoms with Gasteiger partial charge in [0.25, 0.3) is 0 Å². The first-order valence-electron chi connectivity index (χ1n) is 7.41. The van der Waals surface area contributed by atoms with Gasteiger partial charge < -0.3 is 19.9 Å². The first kappa shape index (κ1) is 20.1. The van der Waals surface area contributed by atoms with Crippen LogP contribution >= 0.6 is 0 Å². The summed E-state index contributed by atoms with van der Waals surface area (Å²) in [7, 11) is 0. The molecule has 1 atom stereocenters. The number of hydrogen-bond donors (Lipinski definition) is 2. The van der Waals surface area contributed by atoms with Crippen molar-refractivity contribution in [3.63, 3.8) is 0 Å². The van der Waals surface area contributed by atoms with E-state index in [1.165, 1.54) is 18.2 Å². The highest BCUT2D eigenvalue weighted by Crippen LogP contribution is 2.27. The van der Waals surface area contributed by atoms with Crippen LogP contribution in [0, 0.1) is 5.92 Å². The van der Waals surface area contributed by atoms with Gasteiger partial charge in [-0.3, -0.25) is 0 Å². The number of hydrogen-bond acceptors (Lipinski definition) is 4. The molecule has 8 heteroatoms. The lowest BCUT2D eigenvalue weighted by Crippen LogP contribution is -2.36. The third-order valence-electron chi connectivity index (χ3n) is 2.90. The lowest BCUT2D eigenvalue weighted by atomic mass is 9.99. The van der Waals surface area contributed by atoms with Gasteiger partial charge in [0.1, 0.15) is 11.4 Å². The molecule has 0 aliphatic carbocycles. The fourth-order valence-electron chi connectivity index (χ4n) is 1.95. The van der Waals surface area contributed by atoms with Crippen molar-refractivity contribution in [3.8, 4) is 5.75 Å². The molecule has 1 unspecified atom stereocenters. The molecule has 5 nitrogen and oxygen atoms in total. The van der Waals surface area contributed by atoms with E-state index in [0.717, 1.165) is 0 Å². The van der Waals surface area contributed by atoms with Gasteiger partial charge in [-0.15, -0.1) is 13.2 Å². The van der Waals surface area contributed by atoms with Crippen LogP contribution in [0.4, 0.5) is 18.0 Å². The molecule has 0 heterocycles. The predicted octanol–water partition coefficient (Wildman–Crippen LogP) is 3.26. The second-order valence-electron chi connectivity index (χ2n) is 6.29. The number of halogens is 3. The van der Waals surface area contributed by atoms with E-state index in [4.69, 9.17) is 4.74 Å². The van der Waals surface area contributed by atoms with Gasteiger partial charge in [-0.05, 0) is 38.8 Å². The van der Waals surface area contributed by atoms with Crippen molar-refractivity contribution in [2.75, 3.05) is 13.2 Å². The Kier molecular flexibility index (Phi) is 6.89. The molecule has 0 fully saturated rings. The number of alkyl carbamates (subject to hydrolysis) is 1. The van der Waals surface area contributed by atoms with Crippen molar-refractivity contribution >= 4 is 6.09 Å². The summed E-state index contributed by atoms with van der Waals surface area (Å²) in [5.41, 5.74) is -0.369. The average molecular weight is 349 g/mol. The maximum Gasteiger partial charge on any atom is 0.573 e. The van der Waals surface area contributed by atoms with Crippen molar-refractivity contribution < 1.29 is 32.5 Å². The Balaban J connectivity index is 2.67. The smallest absolute Gasteiger partial charge is 0.444 e. The summed E-state index contributed by atoms with van der Waals surface area (Å²) >= 11 is 0. The third kappa shape index (κ3) is 8.05. The molecule has 136 valence electrons.